The molecule has 2 N–H and O–H groups in total. The van der Waals surface area contributed by atoms with Crippen molar-refractivity contribution in [2.24, 2.45) is 15.9 Å². The fourth-order valence-corrected chi connectivity index (χ4v) is 2.33. The Labute approximate surface area is 144 Å². The molecule has 7 nitrogen and oxygen atoms in total. The van der Waals surface area contributed by atoms with Crippen molar-refractivity contribution in [2.45, 2.75) is 12.8 Å². The maximum Gasteiger partial charge on any atom is 0.248 e. The van der Waals surface area contributed by atoms with E-state index in [1.807, 2.05) is 18.2 Å². The van der Waals surface area contributed by atoms with E-state index in [9.17, 15) is 9.59 Å². The molecule has 0 fully saturated rings. The van der Waals surface area contributed by atoms with Crippen LogP contribution in [-0.2, 0) is 4.79 Å². The molecule has 126 valence electrons. The van der Waals surface area contributed by atoms with E-state index in [0.29, 0.717) is 23.4 Å². The summed E-state index contributed by atoms with van der Waals surface area (Å²) in [5.41, 5.74) is 7.77. The molecule has 0 saturated heterocycles. The number of pyridine rings is 1. The molecule has 1 aromatic heterocycles. The van der Waals surface area contributed by atoms with Crippen LogP contribution in [0.25, 0.3) is 0 Å². The van der Waals surface area contributed by atoms with E-state index in [4.69, 9.17) is 10.5 Å². The minimum atomic E-state index is -0.509. The summed E-state index contributed by atoms with van der Waals surface area (Å²) in [7, 11) is 0. The lowest BCUT2D eigenvalue weighted by atomic mass is 10.1. The van der Waals surface area contributed by atoms with Gasteiger partial charge in [0.05, 0.1) is 23.5 Å². The predicted molar refractivity (Wildman–Crippen MR) is 92.9 cm³/mol. The van der Waals surface area contributed by atoms with Gasteiger partial charge in [-0.25, -0.2) is 0 Å². The number of ether oxygens (including phenoxy) is 1. The summed E-state index contributed by atoms with van der Waals surface area (Å²) in [6.45, 7) is -0.0755. The third-order valence-corrected chi connectivity index (χ3v) is 3.58. The van der Waals surface area contributed by atoms with Crippen LogP contribution in [-0.4, -0.2) is 34.7 Å². The lowest BCUT2D eigenvalue weighted by Gasteiger charge is -2.06. The zero-order valence-electron chi connectivity index (χ0n) is 13.4. The van der Waals surface area contributed by atoms with Crippen molar-refractivity contribution >= 4 is 23.1 Å². The van der Waals surface area contributed by atoms with Crippen LogP contribution in [0.15, 0.2) is 58.9 Å². The Kier molecular flexibility index (Phi) is 4.94. The van der Waals surface area contributed by atoms with Crippen LogP contribution < -0.4 is 10.5 Å². The maximum absolute atomic E-state index is 12.0. The number of carbonyl (C=O) groups excluding carboxylic acids is 2. The van der Waals surface area contributed by atoms with Gasteiger partial charge in [-0.2, -0.15) is 10.2 Å². The Hall–Kier alpha value is -3.35. The van der Waals surface area contributed by atoms with Crippen molar-refractivity contribution in [2.75, 3.05) is 6.61 Å². The van der Waals surface area contributed by atoms with E-state index >= 15 is 0 Å². The standard InChI is InChI=1S/C18H16N4O3/c19-18(24)12-4-6-15(7-5-12)25-11-14(23)9-13-10-17(22-21-13)16-3-1-2-8-20-16/h1-8H,9-11H2,(H2,19,24). The van der Waals surface area contributed by atoms with Gasteiger partial charge < -0.3 is 10.5 Å². The highest BCUT2D eigenvalue weighted by atomic mass is 16.5. The molecule has 0 atom stereocenters. The monoisotopic (exact) mass is 336 g/mol. The number of amides is 1. The minimum Gasteiger partial charge on any atom is -0.486 e. The van der Waals surface area contributed by atoms with E-state index in [2.05, 4.69) is 15.2 Å². The second-order valence-corrected chi connectivity index (χ2v) is 5.50. The predicted octanol–water partition coefficient (Wildman–Crippen LogP) is 1.77. The first-order valence-electron chi connectivity index (χ1n) is 7.70. The summed E-state index contributed by atoms with van der Waals surface area (Å²) in [4.78, 5) is 27.3. The van der Waals surface area contributed by atoms with Crippen molar-refractivity contribution in [1.82, 2.24) is 4.98 Å². The quantitative estimate of drug-likeness (QED) is 0.831. The largest absolute Gasteiger partial charge is 0.486 e. The van der Waals surface area contributed by atoms with Crippen molar-refractivity contribution in [3.8, 4) is 5.75 Å². The number of nitrogens with two attached hydrogens (primary N) is 1. The van der Waals surface area contributed by atoms with E-state index in [1.54, 1.807) is 30.5 Å². The normalized spacial score (nSPS) is 13.1. The first kappa shape index (κ1) is 16.5. The number of primary amides is 1. The Morgan fingerprint density at radius 3 is 2.56 bits per heavy atom. The minimum absolute atomic E-state index is 0.0755. The van der Waals surface area contributed by atoms with E-state index in [0.717, 1.165) is 11.4 Å². The second-order valence-electron chi connectivity index (χ2n) is 5.50. The summed E-state index contributed by atoms with van der Waals surface area (Å²) in [5.74, 6) is -0.113. The van der Waals surface area contributed by atoms with Gasteiger partial charge in [-0.15, -0.1) is 0 Å². The zero-order chi connectivity index (χ0) is 17.6. The summed E-state index contributed by atoms with van der Waals surface area (Å²) in [6, 6.07) is 11.9. The van der Waals surface area contributed by atoms with E-state index in [-0.39, 0.29) is 18.8 Å². The average Bonchev–Trinajstić information content (AvgIpc) is 3.09. The first-order valence-corrected chi connectivity index (χ1v) is 7.70. The molecule has 2 aromatic rings. The van der Waals surface area contributed by atoms with Crippen LogP contribution in [0.3, 0.4) is 0 Å². The van der Waals surface area contributed by atoms with Gasteiger partial charge in [-0.3, -0.25) is 14.6 Å². The van der Waals surface area contributed by atoms with Gasteiger partial charge in [0.15, 0.2) is 5.78 Å². The molecular formula is C18H16N4O3. The lowest BCUT2D eigenvalue weighted by Crippen LogP contribution is -2.16. The van der Waals surface area contributed by atoms with Crippen LogP contribution >= 0.6 is 0 Å². The molecule has 0 spiro atoms. The molecule has 0 saturated carbocycles. The van der Waals surface area contributed by atoms with Gasteiger partial charge in [-0.1, -0.05) is 6.07 Å². The maximum atomic E-state index is 12.0. The molecule has 0 bridgehead atoms. The van der Waals surface area contributed by atoms with E-state index in [1.165, 1.54) is 0 Å². The molecule has 25 heavy (non-hydrogen) atoms. The van der Waals surface area contributed by atoms with Gasteiger partial charge in [0, 0.05) is 18.2 Å². The lowest BCUT2D eigenvalue weighted by molar-refractivity contribution is -0.119. The number of carbonyl (C=O) groups is 2. The number of rotatable bonds is 7. The molecule has 0 unspecified atom stereocenters. The molecule has 1 aliphatic heterocycles. The highest BCUT2D eigenvalue weighted by Crippen LogP contribution is 2.14. The molecule has 7 heteroatoms. The van der Waals surface area contributed by atoms with Gasteiger partial charge >= 0.3 is 0 Å². The number of nitrogens with zero attached hydrogens (tertiary/aromatic N) is 3. The smallest absolute Gasteiger partial charge is 0.248 e. The number of benzene rings is 1. The molecule has 1 amide bonds. The second kappa shape index (κ2) is 7.48. The van der Waals surface area contributed by atoms with Crippen LogP contribution in [0.5, 0.6) is 5.75 Å². The molecule has 0 aliphatic carbocycles. The summed E-state index contributed by atoms with van der Waals surface area (Å²) in [5, 5.41) is 8.15. The van der Waals surface area contributed by atoms with Crippen molar-refractivity contribution in [3.05, 3.63) is 59.9 Å². The molecule has 1 aliphatic rings. The third kappa shape index (κ3) is 4.35. The highest BCUT2D eigenvalue weighted by molar-refractivity contribution is 6.18. The molecular weight excluding hydrogens is 320 g/mol. The summed E-state index contributed by atoms with van der Waals surface area (Å²) >= 11 is 0. The molecule has 3 rings (SSSR count). The Balaban J connectivity index is 1.47. The third-order valence-electron chi connectivity index (χ3n) is 3.58. The van der Waals surface area contributed by atoms with Crippen molar-refractivity contribution in [1.29, 1.82) is 0 Å². The summed E-state index contributed by atoms with van der Waals surface area (Å²) in [6.07, 6.45) is 2.38. The van der Waals surface area contributed by atoms with Crippen molar-refractivity contribution in [3.63, 3.8) is 0 Å². The average molecular weight is 336 g/mol. The molecule has 2 heterocycles. The number of aromatic nitrogens is 1. The number of hydrogen-bond donors (Lipinski definition) is 1. The van der Waals surface area contributed by atoms with Gasteiger partial charge in [-0.05, 0) is 36.4 Å². The van der Waals surface area contributed by atoms with Crippen molar-refractivity contribution < 1.29 is 14.3 Å². The van der Waals surface area contributed by atoms with Gasteiger partial charge in [0.2, 0.25) is 5.91 Å². The Bertz CT molecular complexity index is 842. The number of ketones is 1. The van der Waals surface area contributed by atoms with Crippen LogP contribution in [0.4, 0.5) is 0 Å². The molecule has 0 radical (unpaired) electrons. The number of Topliss-reactive ketones (excluding diaryl/α,β-unsaturated/α-hetero) is 1. The number of hydrogen-bond acceptors (Lipinski definition) is 6. The SMILES string of the molecule is NC(=O)c1ccc(OCC(=O)CC2=NN=C(c3ccccn3)C2)cc1. The summed E-state index contributed by atoms with van der Waals surface area (Å²) < 4.78 is 5.42. The van der Waals surface area contributed by atoms with E-state index < -0.39 is 5.91 Å². The van der Waals surface area contributed by atoms with Crippen LogP contribution in [0.1, 0.15) is 28.9 Å². The first-order chi connectivity index (χ1) is 12.1. The topological polar surface area (TPSA) is 107 Å². The van der Waals surface area contributed by atoms with Gasteiger partial charge in [0.25, 0.3) is 0 Å². The highest BCUT2D eigenvalue weighted by Gasteiger charge is 2.18. The zero-order valence-corrected chi connectivity index (χ0v) is 13.4. The van der Waals surface area contributed by atoms with Crippen LogP contribution in [0.2, 0.25) is 0 Å². The van der Waals surface area contributed by atoms with Gasteiger partial charge in [0.1, 0.15) is 12.4 Å². The molecule has 1 aromatic carbocycles. The fraction of sp³-hybridized carbons (Fsp3) is 0.167. The Morgan fingerprint density at radius 1 is 1.08 bits per heavy atom. The van der Waals surface area contributed by atoms with Crippen LogP contribution in [0, 0.1) is 0 Å². The Morgan fingerprint density at radius 2 is 1.88 bits per heavy atom. The fourth-order valence-electron chi connectivity index (χ4n) is 2.33.